The van der Waals surface area contributed by atoms with Gasteiger partial charge in [0.2, 0.25) is 0 Å². The van der Waals surface area contributed by atoms with Crippen LogP contribution in [0.4, 0.5) is 0 Å². The van der Waals surface area contributed by atoms with Crippen LogP contribution in [0.1, 0.15) is 45.6 Å². The highest BCUT2D eigenvalue weighted by molar-refractivity contribution is 4.99. The topological polar surface area (TPSA) is 29.9 Å². The lowest BCUT2D eigenvalue weighted by molar-refractivity contribution is 0.494. The molecule has 1 N–H and O–H groups in total. The molecule has 0 fully saturated rings. The molecule has 0 radical (unpaired) electrons. The van der Waals surface area contributed by atoms with Crippen molar-refractivity contribution < 1.29 is 0 Å². The second-order valence-corrected chi connectivity index (χ2v) is 3.57. The van der Waals surface area contributed by atoms with E-state index in [9.17, 15) is 0 Å². The Hall–Kier alpha value is -0.830. The van der Waals surface area contributed by atoms with E-state index in [1.54, 1.807) is 0 Å². The van der Waals surface area contributed by atoms with E-state index in [-0.39, 0.29) is 0 Å². The summed E-state index contributed by atoms with van der Waals surface area (Å²) in [6.45, 7) is 9.57. The third-order valence-corrected chi connectivity index (χ3v) is 2.15. The summed E-state index contributed by atoms with van der Waals surface area (Å²) in [5.74, 6) is 1.12. The van der Waals surface area contributed by atoms with Crippen molar-refractivity contribution in [2.75, 3.05) is 6.54 Å². The van der Waals surface area contributed by atoms with Gasteiger partial charge in [-0.15, -0.1) is 0 Å². The van der Waals surface area contributed by atoms with E-state index in [1.807, 2.05) is 12.4 Å². The van der Waals surface area contributed by atoms with Gasteiger partial charge in [0, 0.05) is 18.4 Å². The zero-order valence-electron chi connectivity index (χ0n) is 8.91. The van der Waals surface area contributed by atoms with Gasteiger partial charge in [0.05, 0.1) is 6.04 Å². The average molecular weight is 181 g/mol. The van der Waals surface area contributed by atoms with Gasteiger partial charge in [-0.3, -0.25) is 0 Å². The molecule has 3 nitrogen and oxygen atoms in total. The molecule has 0 unspecified atom stereocenters. The molecule has 0 saturated carbocycles. The first-order valence-electron chi connectivity index (χ1n) is 4.93. The van der Waals surface area contributed by atoms with E-state index in [0.29, 0.717) is 12.1 Å². The summed E-state index contributed by atoms with van der Waals surface area (Å²) in [7, 11) is 0. The van der Waals surface area contributed by atoms with Gasteiger partial charge < -0.3 is 9.88 Å². The molecule has 1 atom stereocenters. The van der Waals surface area contributed by atoms with E-state index < -0.39 is 0 Å². The summed E-state index contributed by atoms with van der Waals surface area (Å²) < 4.78 is 2.20. The number of rotatable bonds is 4. The highest BCUT2D eigenvalue weighted by atomic mass is 15.1. The number of nitrogens with zero attached hydrogens (tertiary/aromatic N) is 2. The fourth-order valence-electron chi connectivity index (χ4n) is 1.49. The van der Waals surface area contributed by atoms with Crippen molar-refractivity contribution in [2.24, 2.45) is 0 Å². The van der Waals surface area contributed by atoms with Crippen LogP contribution in [-0.4, -0.2) is 16.1 Å². The highest BCUT2D eigenvalue weighted by Gasteiger charge is 2.11. The van der Waals surface area contributed by atoms with Gasteiger partial charge in [0.1, 0.15) is 5.82 Å². The maximum atomic E-state index is 4.36. The molecule has 0 aliphatic rings. The van der Waals surface area contributed by atoms with E-state index in [1.165, 1.54) is 0 Å². The van der Waals surface area contributed by atoms with Crippen molar-refractivity contribution in [2.45, 2.75) is 39.8 Å². The molecule has 1 heterocycles. The van der Waals surface area contributed by atoms with Gasteiger partial charge in [0.25, 0.3) is 0 Å². The molecule has 0 aliphatic carbocycles. The number of hydrogen-bond donors (Lipinski definition) is 1. The molecule has 0 aromatic carbocycles. The summed E-state index contributed by atoms with van der Waals surface area (Å²) in [6.07, 6.45) is 3.90. The Morgan fingerprint density at radius 2 is 2.15 bits per heavy atom. The quantitative estimate of drug-likeness (QED) is 0.771. The molecule has 0 amide bonds. The van der Waals surface area contributed by atoms with Crippen molar-refractivity contribution >= 4 is 0 Å². The molecule has 74 valence electrons. The molecular formula is C10H19N3. The average Bonchev–Trinajstić information content (AvgIpc) is 2.52. The van der Waals surface area contributed by atoms with Gasteiger partial charge in [-0.05, 0) is 27.3 Å². The lowest BCUT2D eigenvalue weighted by Crippen LogP contribution is -2.22. The Balaban J connectivity index is 2.80. The van der Waals surface area contributed by atoms with Gasteiger partial charge >= 0.3 is 0 Å². The molecule has 0 saturated heterocycles. The zero-order chi connectivity index (χ0) is 9.84. The largest absolute Gasteiger partial charge is 0.331 e. The van der Waals surface area contributed by atoms with Crippen molar-refractivity contribution in [3.05, 3.63) is 18.2 Å². The van der Waals surface area contributed by atoms with Crippen LogP contribution >= 0.6 is 0 Å². The van der Waals surface area contributed by atoms with Gasteiger partial charge in [0.15, 0.2) is 0 Å². The molecule has 1 aromatic rings. The maximum Gasteiger partial charge on any atom is 0.125 e. The molecule has 0 aliphatic heterocycles. The monoisotopic (exact) mass is 181 g/mol. The summed E-state index contributed by atoms with van der Waals surface area (Å²) in [5, 5.41) is 3.36. The number of imidazole rings is 1. The van der Waals surface area contributed by atoms with Crippen molar-refractivity contribution in [1.29, 1.82) is 0 Å². The third-order valence-electron chi connectivity index (χ3n) is 2.15. The van der Waals surface area contributed by atoms with Crippen LogP contribution < -0.4 is 5.32 Å². The number of hydrogen-bond acceptors (Lipinski definition) is 2. The van der Waals surface area contributed by atoms with E-state index in [2.05, 4.69) is 42.6 Å². The first-order valence-corrected chi connectivity index (χ1v) is 4.93. The first-order chi connectivity index (χ1) is 6.16. The summed E-state index contributed by atoms with van der Waals surface area (Å²) in [5.41, 5.74) is 0. The van der Waals surface area contributed by atoms with Crippen molar-refractivity contribution in [3.8, 4) is 0 Å². The van der Waals surface area contributed by atoms with Gasteiger partial charge in [-0.2, -0.15) is 0 Å². The lowest BCUT2D eigenvalue weighted by atomic mass is 10.3. The second-order valence-electron chi connectivity index (χ2n) is 3.57. The predicted octanol–water partition coefficient (Wildman–Crippen LogP) is 2.13. The van der Waals surface area contributed by atoms with Crippen LogP contribution in [-0.2, 0) is 0 Å². The Morgan fingerprint density at radius 1 is 1.46 bits per heavy atom. The Labute approximate surface area is 80.2 Å². The zero-order valence-corrected chi connectivity index (χ0v) is 8.91. The fourth-order valence-corrected chi connectivity index (χ4v) is 1.49. The van der Waals surface area contributed by atoms with Crippen LogP contribution in [0.15, 0.2) is 12.4 Å². The van der Waals surface area contributed by atoms with Crippen LogP contribution in [0.5, 0.6) is 0 Å². The smallest absolute Gasteiger partial charge is 0.125 e. The van der Waals surface area contributed by atoms with E-state index in [0.717, 1.165) is 12.4 Å². The first kappa shape index (κ1) is 10.3. The van der Waals surface area contributed by atoms with Gasteiger partial charge in [-0.25, -0.2) is 4.98 Å². The minimum atomic E-state index is 0.336. The molecule has 3 heteroatoms. The Kier molecular flexibility index (Phi) is 3.48. The number of nitrogens with one attached hydrogen (secondary N) is 1. The van der Waals surface area contributed by atoms with E-state index >= 15 is 0 Å². The van der Waals surface area contributed by atoms with Crippen molar-refractivity contribution in [3.63, 3.8) is 0 Å². The Morgan fingerprint density at radius 3 is 2.69 bits per heavy atom. The van der Waals surface area contributed by atoms with Crippen molar-refractivity contribution in [1.82, 2.24) is 14.9 Å². The van der Waals surface area contributed by atoms with E-state index in [4.69, 9.17) is 0 Å². The maximum absolute atomic E-state index is 4.36. The number of aromatic nitrogens is 2. The minimum Gasteiger partial charge on any atom is -0.331 e. The van der Waals surface area contributed by atoms with Crippen LogP contribution in [0, 0.1) is 0 Å². The Bertz CT molecular complexity index is 252. The summed E-state index contributed by atoms with van der Waals surface area (Å²) in [4.78, 5) is 4.36. The fraction of sp³-hybridized carbons (Fsp3) is 0.700. The standard InChI is InChI=1S/C10H19N3/c1-5-11-9(4)10-12-6-7-13(10)8(2)3/h6-9,11H,5H2,1-4H3/t9-/m0/s1. The van der Waals surface area contributed by atoms with Crippen LogP contribution in [0.25, 0.3) is 0 Å². The molecule has 1 rings (SSSR count). The van der Waals surface area contributed by atoms with Crippen LogP contribution in [0.2, 0.25) is 0 Å². The highest BCUT2D eigenvalue weighted by Crippen LogP contribution is 2.14. The molecule has 0 bridgehead atoms. The molecule has 1 aromatic heterocycles. The molecule has 0 spiro atoms. The third kappa shape index (κ3) is 2.31. The van der Waals surface area contributed by atoms with Gasteiger partial charge in [-0.1, -0.05) is 6.92 Å². The molecular weight excluding hydrogens is 162 g/mol. The van der Waals surface area contributed by atoms with Crippen LogP contribution in [0.3, 0.4) is 0 Å². The second kappa shape index (κ2) is 4.42. The SMILES string of the molecule is CCN[C@@H](C)c1nccn1C(C)C. The lowest BCUT2D eigenvalue weighted by Gasteiger charge is -2.16. The summed E-state index contributed by atoms with van der Waals surface area (Å²) >= 11 is 0. The molecule has 13 heavy (non-hydrogen) atoms. The minimum absolute atomic E-state index is 0.336. The summed E-state index contributed by atoms with van der Waals surface area (Å²) in [6, 6.07) is 0.820. The normalized spacial score (nSPS) is 13.6. The predicted molar refractivity (Wildman–Crippen MR) is 54.7 cm³/mol.